The van der Waals surface area contributed by atoms with Crippen LogP contribution in [0.25, 0.3) is 0 Å². The molecule has 3 heteroatoms. The zero-order valence-electron chi connectivity index (χ0n) is 11.7. The van der Waals surface area contributed by atoms with E-state index in [0.29, 0.717) is 0 Å². The highest BCUT2D eigenvalue weighted by molar-refractivity contribution is 5.56. The lowest BCUT2D eigenvalue weighted by Gasteiger charge is -2.30. The minimum absolute atomic E-state index is 0.234. The maximum atomic E-state index is 9.51. The fourth-order valence-corrected chi connectivity index (χ4v) is 2.67. The average Bonchev–Trinajstić information content (AvgIpc) is 2.54. The van der Waals surface area contributed by atoms with Gasteiger partial charge in [0, 0.05) is 24.8 Å². The molecule has 1 fully saturated rings. The topological polar surface area (TPSA) is 26.7 Å². The number of hydrogen-bond acceptors (Lipinski definition) is 3. The molecule has 0 amide bonds. The van der Waals surface area contributed by atoms with Crippen molar-refractivity contribution in [3.63, 3.8) is 0 Å². The molecule has 0 spiro atoms. The predicted octanol–water partition coefficient (Wildman–Crippen LogP) is 1.81. The zero-order chi connectivity index (χ0) is 13.1. The maximum absolute atomic E-state index is 9.51. The molecule has 0 aromatic heterocycles. The fourth-order valence-electron chi connectivity index (χ4n) is 2.67. The second kappa shape index (κ2) is 5.72. The number of rotatable bonds is 2. The van der Waals surface area contributed by atoms with Crippen LogP contribution in [0.1, 0.15) is 17.5 Å². The molecule has 2 rings (SSSR count). The lowest BCUT2D eigenvalue weighted by Crippen LogP contribution is -2.41. The summed E-state index contributed by atoms with van der Waals surface area (Å²) < 4.78 is 0. The second-order valence-electron chi connectivity index (χ2n) is 5.34. The lowest BCUT2D eigenvalue weighted by atomic mass is 10.1. The van der Waals surface area contributed by atoms with Crippen molar-refractivity contribution in [2.75, 3.05) is 38.2 Å². The number of benzene rings is 1. The first-order chi connectivity index (χ1) is 8.63. The highest BCUT2D eigenvalue weighted by Gasteiger charge is 2.22. The summed E-state index contributed by atoms with van der Waals surface area (Å²) in [6.45, 7) is 7.63. The summed E-state index contributed by atoms with van der Waals surface area (Å²) in [5.41, 5.74) is 4.02. The molecule has 1 saturated heterocycles. The largest absolute Gasteiger partial charge is 0.395 e. The van der Waals surface area contributed by atoms with Crippen LogP contribution in [-0.2, 0) is 0 Å². The first-order valence-corrected chi connectivity index (χ1v) is 6.75. The monoisotopic (exact) mass is 248 g/mol. The van der Waals surface area contributed by atoms with E-state index in [2.05, 4.69) is 48.9 Å². The van der Waals surface area contributed by atoms with Crippen LogP contribution in [0.5, 0.6) is 0 Å². The van der Waals surface area contributed by atoms with Crippen molar-refractivity contribution in [1.29, 1.82) is 0 Å². The molecule has 1 aromatic carbocycles. The Bertz CT molecular complexity index is 405. The van der Waals surface area contributed by atoms with Crippen LogP contribution < -0.4 is 4.90 Å². The third kappa shape index (κ3) is 2.68. The first kappa shape index (κ1) is 13.4. The molecule has 100 valence electrons. The molecule has 1 aromatic rings. The normalized spacial score (nSPS) is 22.0. The number of aliphatic hydroxyl groups excluding tert-OH is 1. The fraction of sp³-hybridized carbons (Fsp3) is 0.600. The first-order valence-electron chi connectivity index (χ1n) is 6.75. The number of hydrogen-bond donors (Lipinski definition) is 1. The van der Waals surface area contributed by atoms with Gasteiger partial charge in [0.15, 0.2) is 0 Å². The summed E-state index contributed by atoms with van der Waals surface area (Å²) in [6, 6.07) is 6.72. The van der Waals surface area contributed by atoms with Gasteiger partial charge in [0.1, 0.15) is 0 Å². The number of aliphatic hydroxyl groups is 1. The lowest BCUT2D eigenvalue weighted by molar-refractivity contribution is 0.159. The van der Waals surface area contributed by atoms with Crippen LogP contribution in [0.4, 0.5) is 5.69 Å². The summed E-state index contributed by atoms with van der Waals surface area (Å²) >= 11 is 0. The Morgan fingerprint density at radius 1 is 1.28 bits per heavy atom. The van der Waals surface area contributed by atoms with Gasteiger partial charge in [0.2, 0.25) is 0 Å². The quantitative estimate of drug-likeness (QED) is 0.864. The van der Waals surface area contributed by atoms with E-state index < -0.39 is 0 Å². The molecule has 1 atom stereocenters. The molecule has 18 heavy (non-hydrogen) atoms. The van der Waals surface area contributed by atoms with Gasteiger partial charge in [-0.15, -0.1) is 0 Å². The maximum Gasteiger partial charge on any atom is 0.0603 e. The van der Waals surface area contributed by atoms with E-state index in [-0.39, 0.29) is 12.6 Å². The Balaban J connectivity index is 2.24. The summed E-state index contributed by atoms with van der Waals surface area (Å²) in [7, 11) is 2.10. The number of anilines is 1. The van der Waals surface area contributed by atoms with Crippen LogP contribution in [0.3, 0.4) is 0 Å². The summed E-state index contributed by atoms with van der Waals surface area (Å²) in [5, 5.41) is 9.51. The van der Waals surface area contributed by atoms with E-state index in [9.17, 15) is 5.11 Å². The van der Waals surface area contributed by atoms with E-state index in [1.807, 2.05) is 0 Å². The highest BCUT2D eigenvalue weighted by atomic mass is 16.3. The molecule has 1 aliphatic rings. The van der Waals surface area contributed by atoms with Crippen molar-refractivity contribution < 1.29 is 5.11 Å². The molecule has 0 saturated carbocycles. The third-order valence-electron chi connectivity index (χ3n) is 4.12. The van der Waals surface area contributed by atoms with Crippen molar-refractivity contribution in [2.24, 2.45) is 0 Å². The molecule has 3 nitrogen and oxygen atoms in total. The molecule has 0 bridgehead atoms. The average molecular weight is 248 g/mol. The molecule has 1 N–H and O–H groups in total. The van der Waals surface area contributed by atoms with Crippen molar-refractivity contribution in [1.82, 2.24) is 4.90 Å². The van der Waals surface area contributed by atoms with Gasteiger partial charge in [-0.05, 0) is 51.1 Å². The number of likely N-dealkylation sites (N-methyl/N-ethyl adjacent to an activating group) is 1. The molecular weight excluding hydrogens is 224 g/mol. The Morgan fingerprint density at radius 3 is 2.78 bits per heavy atom. The SMILES string of the molecule is Cc1cccc(N2CCCN(C)C(CO)C2)c1C. The van der Waals surface area contributed by atoms with Gasteiger partial charge in [0.25, 0.3) is 0 Å². The highest BCUT2D eigenvalue weighted by Crippen LogP contribution is 2.24. The van der Waals surface area contributed by atoms with E-state index in [1.54, 1.807) is 0 Å². The molecule has 0 aliphatic carbocycles. The minimum atomic E-state index is 0.234. The summed E-state index contributed by atoms with van der Waals surface area (Å²) in [4.78, 5) is 4.69. The molecule has 1 unspecified atom stereocenters. The van der Waals surface area contributed by atoms with Crippen molar-refractivity contribution >= 4 is 5.69 Å². The molecule has 1 heterocycles. The second-order valence-corrected chi connectivity index (χ2v) is 5.34. The molecule has 0 radical (unpaired) electrons. The van der Waals surface area contributed by atoms with E-state index >= 15 is 0 Å². The van der Waals surface area contributed by atoms with E-state index in [4.69, 9.17) is 0 Å². The Hall–Kier alpha value is -1.06. The molecular formula is C15H24N2O. The Labute approximate surface area is 110 Å². The number of nitrogens with zero attached hydrogens (tertiary/aromatic N) is 2. The standard InChI is InChI=1S/C15H24N2O/c1-12-6-4-7-15(13(12)2)17-9-5-8-16(3)14(10-17)11-18/h4,6-7,14,18H,5,8-11H2,1-3H3. The van der Waals surface area contributed by atoms with Crippen LogP contribution in [-0.4, -0.2) is 49.3 Å². The van der Waals surface area contributed by atoms with Gasteiger partial charge < -0.3 is 10.0 Å². The van der Waals surface area contributed by atoms with Gasteiger partial charge in [-0.1, -0.05) is 12.1 Å². The number of aryl methyl sites for hydroxylation is 1. The Morgan fingerprint density at radius 2 is 2.06 bits per heavy atom. The van der Waals surface area contributed by atoms with Crippen molar-refractivity contribution in [3.05, 3.63) is 29.3 Å². The third-order valence-corrected chi connectivity index (χ3v) is 4.12. The van der Waals surface area contributed by atoms with Crippen molar-refractivity contribution in [3.8, 4) is 0 Å². The summed E-state index contributed by atoms with van der Waals surface area (Å²) in [5.74, 6) is 0. The van der Waals surface area contributed by atoms with E-state index in [1.165, 1.54) is 16.8 Å². The van der Waals surface area contributed by atoms with Gasteiger partial charge in [0.05, 0.1) is 6.61 Å². The van der Waals surface area contributed by atoms with E-state index in [0.717, 1.165) is 26.1 Å². The summed E-state index contributed by atoms with van der Waals surface area (Å²) in [6.07, 6.45) is 1.15. The minimum Gasteiger partial charge on any atom is -0.395 e. The van der Waals surface area contributed by atoms with Gasteiger partial charge in [-0.25, -0.2) is 0 Å². The van der Waals surface area contributed by atoms with Crippen LogP contribution in [0, 0.1) is 13.8 Å². The van der Waals surface area contributed by atoms with Crippen LogP contribution in [0.2, 0.25) is 0 Å². The smallest absolute Gasteiger partial charge is 0.0603 e. The van der Waals surface area contributed by atoms with Gasteiger partial charge in [-0.2, -0.15) is 0 Å². The van der Waals surface area contributed by atoms with Gasteiger partial charge in [-0.3, -0.25) is 4.90 Å². The van der Waals surface area contributed by atoms with Crippen LogP contribution in [0.15, 0.2) is 18.2 Å². The van der Waals surface area contributed by atoms with Gasteiger partial charge >= 0.3 is 0 Å². The Kier molecular flexibility index (Phi) is 4.25. The predicted molar refractivity (Wildman–Crippen MR) is 76.2 cm³/mol. The zero-order valence-corrected chi connectivity index (χ0v) is 11.7. The van der Waals surface area contributed by atoms with Crippen molar-refractivity contribution in [2.45, 2.75) is 26.3 Å². The van der Waals surface area contributed by atoms with Crippen LogP contribution >= 0.6 is 0 Å². The molecule has 1 aliphatic heterocycles.